The molecule has 7 nitrogen and oxygen atoms in total. The second-order valence-corrected chi connectivity index (χ2v) is 7.52. The molecule has 1 aromatic carbocycles. The number of piperazine rings is 1. The van der Waals surface area contributed by atoms with Gasteiger partial charge in [0.2, 0.25) is 11.8 Å². The Morgan fingerprint density at radius 2 is 1.73 bits per heavy atom. The highest BCUT2D eigenvalue weighted by Gasteiger charge is 2.21. The summed E-state index contributed by atoms with van der Waals surface area (Å²) < 4.78 is 32.7. The molecule has 3 heterocycles. The zero-order valence-electron chi connectivity index (χ0n) is 16.3. The van der Waals surface area contributed by atoms with E-state index in [1.807, 2.05) is 0 Å². The lowest BCUT2D eigenvalue weighted by Gasteiger charge is -2.35. The Morgan fingerprint density at radius 3 is 2.47 bits per heavy atom. The number of aromatic nitrogens is 4. The molecule has 4 rings (SSSR count). The number of methoxy groups -OCH3 is 1. The van der Waals surface area contributed by atoms with Gasteiger partial charge in [0.15, 0.2) is 16.8 Å². The molecular formula is C20H20F2N6OS. The third-order valence-electron chi connectivity index (χ3n) is 4.70. The molecule has 0 bridgehead atoms. The van der Waals surface area contributed by atoms with Gasteiger partial charge in [0.25, 0.3) is 0 Å². The molecule has 1 aliphatic rings. The van der Waals surface area contributed by atoms with E-state index in [1.54, 1.807) is 30.6 Å². The molecule has 0 spiro atoms. The highest BCUT2D eigenvalue weighted by Crippen LogP contribution is 2.27. The van der Waals surface area contributed by atoms with E-state index in [0.29, 0.717) is 17.0 Å². The summed E-state index contributed by atoms with van der Waals surface area (Å²) in [6.07, 6.45) is 3.46. The van der Waals surface area contributed by atoms with Crippen LogP contribution in [0.2, 0.25) is 0 Å². The molecule has 1 aliphatic heterocycles. The molecule has 0 atom stereocenters. The van der Waals surface area contributed by atoms with Gasteiger partial charge in [-0.05, 0) is 12.1 Å². The number of hydrogen-bond acceptors (Lipinski definition) is 8. The van der Waals surface area contributed by atoms with Crippen molar-refractivity contribution in [1.82, 2.24) is 19.9 Å². The Hall–Kier alpha value is -3.01. The number of anilines is 2. The van der Waals surface area contributed by atoms with Crippen LogP contribution in [0.1, 0.15) is 5.56 Å². The third-order valence-corrected chi connectivity index (χ3v) is 5.60. The molecule has 156 valence electrons. The van der Waals surface area contributed by atoms with Crippen LogP contribution in [0.5, 0.6) is 5.88 Å². The Balaban J connectivity index is 1.46. The minimum atomic E-state index is -0.861. The molecule has 0 saturated carbocycles. The number of thioether (sulfide) groups is 1. The van der Waals surface area contributed by atoms with Crippen molar-refractivity contribution in [3.63, 3.8) is 0 Å². The average Bonchev–Trinajstić information content (AvgIpc) is 2.80. The average molecular weight is 430 g/mol. The van der Waals surface area contributed by atoms with Crippen molar-refractivity contribution in [3.05, 3.63) is 59.9 Å². The van der Waals surface area contributed by atoms with Crippen LogP contribution in [0.25, 0.3) is 0 Å². The first-order chi connectivity index (χ1) is 14.6. The van der Waals surface area contributed by atoms with Crippen LogP contribution in [0.3, 0.4) is 0 Å². The van der Waals surface area contributed by atoms with Crippen molar-refractivity contribution in [2.24, 2.45) is 0 Å². The van der Waals surface area contributed by atoms with Gasteiger partial charge in [-0.3, -0.25) is 0 Å². The van der Waals surface area contributed by atoms with Crippen LogP contribution in [0.4, 0.5) is 20.5 Å². The van der Waals surface area contributed by atoms with Crippen LogP contribution >= 0.6 is 11.8 Å². The molecule has 3 aromatic rings. The van der Waals surface area contributed by atoms with Gasteiger partial charge in [0, 0.05) is 56.0 Å². The van der Waals surface area contributed by atoms with Gasteiger partial charge < -0.3 is 14.5 Å². The van der Waals surface area contributed by atoms with Gasteiger partial charge in [-0.15, -0.1) is 0 Å². The molecule has 2 aromatic heterocycles. The summed E-state index contributed by atoms with van der Waals surface area (Å²) in [7, 11) is 1.54. The lowest BCUT2D eigenvalue weighted by atomic mass is 10.2. The maximum Gasteiger partial charge on any atom is 0.225 e. The smallest absolute Gasteiger partial charge is 0.225 e. The second kappa shape index (κ2) is 9.21. The lowest BCUT2D eigenvalue weighted by molar-refractivity contribution is 0.392. The van der Waals surface area contributed by atoms with Gasteiger partial charge in [-0.1, -0.05) is 23.9 Å². The predicted molar refractivity (Wildman–Crippen MR) is 111 cm³/mol. The van der Waals surface area contributed by atoms with Crippen molar-refractivity contribution in [2.75, 3.05) is 43.1 Å². The van der Waals surface area contributed by atoms with Crippen LogP contribution in [-0.4, -0.2) is 53.2 Å². The van der Waals surface area contributed by atoms with E-state index in [2.05, 4.69) is 29.7 Å². The topological polar surface area (TPSA) is 67.3 Å². The SMILES string of the molecule is COc1cc(N2CCN(c3ncccn3)CC2)nc(SCc2cccc(F)c2F)n1. The number of hydrogen-bond donors (Lipinski definition) is 0. The van der Waals surface area contributed by atoms with Gasteiger partial charge in [-0.25, -0.2) is 23.7 Å². The Kier molecular flexibility index (Phi) is 6.22. The van der Waals surface area contributed by atoms with Crippen molar-refractivity contribution < 1.29 is 13.5 Å². The maximum atomic E-state index is 13.9. The van der Waals surface area contributed by atoms with Gasteiger partial charge in [0.05, 0.1) is 7.11 Å². The van der Waals surface area contributed by atoms with Crippen molar-refractivity contribution >= 4 is 23.5 Å². The number of rotatable bonds is 6. The monoisotopic (exact) mass is 430 g/mol. The third kappa shape index (κ3) is 4.59. The molecule has 0 unspecified atom stereocenters. The quantitative estimate of drug-likeness (QED) is 0.436. The first-order valence-corrected chi connectivity index (χ1v) is 10.4. The van der Waals surface area contributed by atoms with Crippen molar-refractivity contribution in [2.45, 2.75) is 10.9 Å². The van der Waals surface area contributed by atoms with E-state index in [4.69, 9.17) is 4.74 Å². The van der Waals surface area contributed by atoms with Crippen LogP contribution in [0, 0.1) is 11.6 Å². The van der Waals surface area contributed by atoms with Crippen molar-refractivity contribution in [3.8, 4) is 5.88 Å². The van der Waals surface area contributed by atoms with Gasteiger partial charge >= 0.3 is 0 Å². The summed E-state index contributed by atoms with van der Waals surface area (Å²) in [6.45, 7) is 2.99. The summed E-state index contributed by atoms with van der Waals surface area (Å²) in [5.41, 5.74) is 0.268. The fraction of sp³-hybridized carbons (Fsp3) is 0.300. The molecule has 10 heteroatoms. The van der Waals surface area contributed by atoms with E-state index in [0.717, 1.165) is 38.1 Å². The van der Waals surface area contributed by atoms with Crippen molar-refractivity contribution in [1.29, 1.82) is 0 Å². The minimum Gasteiger partial charge on any atom is -0.481 e. The molecule has 0 amide bonds. The molecule has 0 radical (unpaired) electrons. The summed E-state index contributed by atoms with van der Waals surface area (Å²) in [4.78, 5) is 21.8. The standard InChI is InChI=1S/C20H20F2N6OS/c1-29-17-12-16(27-8-10-28(11-9-27)19-23-6-3-7-24-19)25-20(26-17)30-13-14-4-2-5-15(21)18(14)22/h2-7,12H,8-11,13H2,1H3. The highest BCUT2D eigenvalue weighted by molar-refractivity contribution is 7.98. The highest BCUT2D eigenvalue weighted by atomic mass is 32.2. The van der Waals surface area contributed by atoms with Crippen LogP contribution in [0.15, 0.2) is 47.9 Å². The number of nitrogens with zero attached hydrogens (tertiary/aromatic N) is 6. The number of benzene rings is 1. The molecule has 0 N–H and O–H groups in total. The normalized spacial score (nSPS) is 14.1. The van der Waals surface area contributed by atoms with E-state index in [-0.39, 0.29) is 11.3 Å². The zero-order valence-corrected chi connectivity index (χ0v) is 17.1. The van der Waals surface area contributed by atoms with E-state index in [9.17, 15) is 8.78 Å². The minimum absolute atomic E-state index is 0.218. The summed E-state index contributed by atoms with van der Waals surface area (Å²) >= 11 is 1.24. The predicted octanol–water partition coefficient (Wildman–Crippen LogP) is 3.17. The maximum absolute atomic E-state index is 13.9. The zero-order chi connectivity index (χ0) is 20.9. The Labute approximate surface area is 177 Å². The Bertz CT molecular complexity index is 1000. The fourth-order valence-electron chi connectivity index (χ4n) is 3.12. The molecule has 1 fully saturated rings. The van der Waals surface area contributed by atoms with E-state index < -0.39 is 11.6 Å². The van der Waals surface area contributed by atoms with Gasteiger partial charge in [0.1, 0.15) is 5.82 Å². The lowest BCUT2D eigenvalue weighted by Crippen LogP contribution is -2.47. The summed E-state index contributed by atoms with van der Waals surface area (Å²) in [6, 6.07) is 7.71. The second-order valence-electron chi connectivity index (χ2n) is 6.58. The largest absolute Gasteiger partial charge is 0.481 e. The molecule has 30 heavy (non-hydrogen) atoms. The fourth-order valence-corrected chi connectivity index (χ4v) is 3.94. The van der Waals surface area contributed by atoms with E-state index in [1.165, 1.54) is 24.9 Å². The summed E-state index contributed by atoms with van der Waals surface area (Å²) in [5, 5.41) is 0.446. The van der Waals surface area contributed by atoms with Crippen LogP contribution < -0.4 is 14.5 Å². The number of halogens is 2. The van der Waals surface area contributed by atoms with E-state index >= 15 is 0 Å². The molecular weight excluding hydrogens is 410 g/mol. The van der Waals surface area contributed by atoms with Gasteiger partial charge in [-0.2, -0.15) is 4.98 Å². The molecule has 1 saturated heterocycles. The van der Waals surface area contributed by atoms with Crippen LogP contribution in [-0.2, 0) is 5.75 Å². The Morgan fingerprint density at radius 1 is 1.00 bits per heavy atom. The first kappa shape index (κ1) is 20.3. The summed E-state index contributed by atoms with van der Waals surface area (Å²) in [5.74, 6) is 0.391. The number of ether oxygens (including phenoxy) is 1. The molecule has 0 aliphatic carbocycles. The first-order valence-electron chi connectivity index (χ1n) is 9.39.